The lowest BCUT2D eigenvalue weighted by Crippen LogP contribution is -2.33. The van der Waals surface area contributed by atoms with Crippen LogP contribution in [0.2, 0.25) is 5.02 Å². The van der Waals surface area contributed by atoms with Crippen molar-refractivity contribution in [2.24, 2.45) is 0 Å². The average molecular weight is 244 g/mol. The van der Waals surface area contributed by atoms with Gasteiger partial charge in [-0.2, -0.15) is 0 Å². The zero-order valence-corrected chi connectivity index (χ0v) is 10.7. The van der Waals surface area contributed by atoms with Crippen molar-refractivity contribution in [1.29, 1.82) is 0 Å². The van der Waals surface area contributed by atoms with Crippen molar-refractivity contribution in [2.75, 3.05) is 27.3 Å². The van der Waals surface area contributed by atoms with Crippen molar-refractivity contribution < 1.29 is 9.47 Å². The summed E-state index contributed by atoms with van der Waals surface area (Å²) in [6, 6.07) is 5.75. The molecule has 0 aliphatic heterocycles. The number of aryl methyl sites for hydroxylation is 1. The van der Waals surface area contributed by atoms with E-state index in [9.17, 15) is 0 Å². The molecule has 0 spiro atoms. The Morgan fingerprint density at radius 1 is 1.44 bits per heavy atom. The molecule has 0 fully saturated rings. The Morgan fingerprint density at radius 2 is 2.19 bits per heavy atom. The molecule has 4 heteroatoms. The largest absolute Gasteiger partial charge is 0.485 e. The summed E-state index contributed by atoms with van der Waals surface area (Å²) >= 11 is 6.09. The van der Waals surface area contributed by atoms with E-state index in [0.29, 0.717) is 17.4 Å². The van der Waals surface area contributed by atoms with Gasteiger partial charge < -0.3 is 14.8 Å². The fourth-order valence-electron chi connectivity index (χ4n) is 1.43. The maximum atomic E-state index is 6.09. The number of likely N-dealkylation sites (N-methyl/N-ethyl adjacent to an activating group) is 1. The van der Waals surface area contributed by atoms with Crippen LogP contribution in [-0.2, 0) is 4.74 Å². The van der Waals surface area contributed by atoms with Crippen molar-refractivity contribution in [3.05, 3.63) is 28.8 Å². The van der Waals surface area contributed by atoms with E-state index in [4.69, 9.17) is 21.1 Å². The van der Waals surface area contributed by atoms with Crippen LogP contribution in [0, 0.1) is 6.92 Å². The highest BCUT2D eigenvalue weighted by molar-refractivity contribution is 6.32. The van der Waals surface area contributed by atoms with Crippen LogP contribution in [0.15, 0.2) is 18.2 Å². The van der Waals surface area contributed by atoms with Gasteiger partial charge in [0.2, 0.25) is 0 Å². The normalized spacial score (nSPS) is 12.5. The van der Waals surface area contributed by atoms with Gasteiger partial charge in [-0.05, 0) is 31.7 Å². The molecule has 0 aliphatic carbocycles. The molecule has 0 saturated carbocycles. The first-order valence-corrected chi connectivity index (χ1v) is 5.61. The SMILES string of the molecule is CNCC(COC)Oc1ccc(C)cc1Cl. The highest BCUT2D eigenvalue weighted by Crippen LogP contribution is 2.26. The van der Waals surface area contributed by atoms with Crippen molar-refractivity contribution in [2.45, 2.75) is 13.0 Å². The molecular formula is C12H18ClNO2. The van der Waals surface area contributed by atoms with Crippen molar-refractivity contribution in [3.8, 4) is 5.75 Å². The number of hydrogen-bond acceptors (Lipinski definition) is 3. The van der Waals surface area contributed by atoms with Gasteiger partial charge in [0.25, 0.3) is 0 Å². The minimum absolute atomic E-state index is 0.0322. The topological polar surface area (TPSA) is 30.5 Å². The molecule has 0 radical (unpaired) electrons. The smallest absolute Gasteiger partial charge is 0.138 e. The first kappa shape index (κ1) is 13.3. The molecule has 0 saturated heterocycles. The van der Waals surface area contributed by atoms with Gasteiger partial charge in [-0.15, -0.1) is 0 Å². The minimum Gasteiger partial charge on any atom is -0.485 e. The molecule has 1 aromatic rings. The molecule has 0 aromatic heterocycles. The molecule has 1 N–H and O–H groups in total. The highest BCUT2D eigenvalue weighted by Gasteiger charge is 2.11. The number of rotatable bonds is 6. The van der Waals surface area contributed by atoms with Gasteiger partial charge in [0.05, 0.1) is 11.6 Å². The van der Waals surface area contributed by atoms with Crippen LogP contribution < -0.4 is 10.1 Å². The molecule has 0 heterocycles. The van der Waals surface area contributed by atoms with Gasteiger partial charge in [-0.1, -0.05) is 17.7 Å². The predicted octanol–water partition coefficient (Wildman–Crippen LogP) is 2.26. The summed E-state index contributed by atoms with van der Waals surface area (Å²) < 4.78 is 10.8. The molecular weight excluding hydrogens is 226 g/mol. The Bertz CT molecular complexity index is 325. The minimum atomic E-state index is -0.0322. The third kappa shape index (κ3) is 4.00. The summed E-state index contributed by atoms with van der Waals surface area (Å²) in [5, 5.41) is 3.69. The van der Waals surface area contributed by atoms with E-state index in [-0.39, 0.29) is 6.10 Å². The van der Waals surface area contributed by atoms with E-state index in [1.807, 2.05) is 32.2 Å². The van der Waals surface area contributed by atoms with Gasteiger partial charge in [-0.3, -0.25) is 0 Å². The fraction of sp³-hybridized carbons (Fsp3) is 0.500. The summed E-state index contributed by atoms with van der Waals surface area (Å²) in [7, 11) is 3.53. The number of methoxy groups -OCH3 is 1. The number of benzene rings is 1. The van der Waals surface area contributed by atoms with E-state index < -0.39 is 0 Å². The number of hydrogen-bond donors (Lipinski definition) is 1. The summed E-state index contributed by atoms with van der Waals surface area (Å²) in [4.78, 5) is 0. The van der Waals surface area contributed by atoms with Crippen LogP contribution in [0.25, 0.3) is 0 Å². The first-order chi connectivity index (χ1) is 7.67. The maximum absolute atomic E-state index is 6.09. The Kier molecular flexibility index (Phi) is 5.60. The Morgan fingerprint density at radius 3 is 2.75 bits per heavy atom. The molecule has 1 atom stereocenters. The predicted molar refractivity (Wildman–Crippen MR) is 66.4 cm³/mol. The second-order valence-corrected chi connectivity index (χ2v) is 4.09. The summed E-state index contributed by atoms with van der Waals surface area (Å²) in [6.07, 6.45) is -0.0322. The van der Waals surface area contributed by atoms with Crippen LogP contribution >= 0.6 is 11.6 Å². The van der Waals surface area contributed by atoms with Gasteiger partial charge >= 0.3 is 0 Å². The molecule has 16 heavy (non-hydrogen) atoms. The second kappa shape index (κ2) is 6.74. The van der Waals surface area contributed by atoms with E-state index in [2.05, 4.69) is 5.32 Å². The number of halogens is 1. The van der Waals surface area contributed by atoms with Crippen molar-refractivity contribution >= 4 is 11.6 Å². The molecule has 90 valence electrons. The summed E-state index contributed by atoms with van der Waals surface area (Å²) in [6.45, 7) is 3.25. The lowest BCUT2D eigenvalue weighted by Gasteiger charge is -2.19. The fourth-order valence-corrected chi connectivity index (χ4v) is 1.71. The van der Waals surface area contributed by atoms with Crippen molar-refractivity contribution in [1.82, 2.24) is 5.32 Å². The van der Waals surface area contributed by atoms with E-state index in [1.54, 1.807) is 7.11 Å². The maximum Gasteiger partial charge on any atom is 0.138 e. The number of nitrogens with one attached hydrogen (secondary N) is 1. The molecule has 0 bridgehead atoms. The van der Waals surface area contributed by atoms with Crippen LogP contribution in [-0.4, -0.2) is 33.4 Å². The summed E-state index contributed by atoms with van der Waals surface area (Å²) in [5.74, 6) is 0.699. The Hall–Kier alpha value is -0.770. The second-order valence-electron chi connectivity index (χ2n) is 3.69. The zero-order valence-electron chi connectivity index (χ0n) is 9.92. The molecule has 3 nitrogen and oxygen atoms in total. The zero-order chi connectivity index (χ0) is 12.0. The first-order valence-electron chi connectivity index (χ1n) is 5.23. The molecule has 1 unspecified atom stereocenters. The van der Waals surface area contributed by atoms with Crippen LogP contribution in [0.4, 0.5) is 0 Å². The number of ether oxygens (including phenoxy) is 2. The standard InChI is InChI=1S/C12H18ClNO2/c1-9-4-5-12(11(13)6-9)16-10(7-14-2)8-15-3/h4-6,10,14H,7-8H2,1-3H3. The Balaban J connectivity index is 2.68. The van der Waals surface area contributed by atoms with E-state index in [1.165, 1.54) is 0 Å². The molecule has 1 aromatic carbocycles. The molecule has 0 aliphatic rings. The van der Waals surface area contributed by atoms with Crippen LogP contribution in [0.3, 0.4) is 0 Å². The monoisotopic (exact) mass is 243 g/mol. The van der Waals surface area contributed by atoms with Gasteiger partial charge in [0, 0.05) is 13.7 Å². The van der Waals surface area contributed by atoms with Crippen molar-refractivity contribution in [3.63, 3.8) is 0 Å². The molecule has 1 rings (SSSR count). The lowest BCUT2D eigenvalue weighted by atomic mass is 10.2. The van der Waals surface area contributed by atoms with Gasteiger partial charge in [0.1, 0.15) is 11.9 Å². The lowest BCUT2D eigenvalue weighted by molar-refractivity contribution is 0.0819. The van der Waals surface area contributed by atoms with Crippen LogP contribution in [0.1, 0.15) is 5.56 Å². The van der Waals surface area contributed by atoms with Crippen LogP contribution in [0.5, 0.6) is 5.75 Å². The van der Waals surface area contributed by atoms with Gasteiger partial charge in [-0.25, -0.2) is 0 Å². The quantitative estimate of drug-likeness (QED) is 0.832. The van der Waals surface area contributed by atoms with E-state index >= 15 is 0 Å². The molecule has 0 amide bonds. The summed E-state index contributed by atoms with van der Waals surface area (Å²) in [5.41, 5.74) is 1.12. The third-order valence-corrected chi connectivity index (χ3v) is 2.46. The van der Waals surface area contributed by atoms with E-state index in [0.717, 1.165) is 12.1 Å². The third-order valence-electron chi connectivity index (χ3n) is 2.17. The Labute approximate surface area is 102 Å². The van der Waals surface area contributed by atoms with Gasteiger partial charge in [0.15, 0.2) is 0 Å². The highest BCUT2D eigenvalue weighted by atomic mass is 35.5. The average Bonchev–Trinajstić information content (AvgIpc) is 2.23.